The van der Waals surface area contributed by atoms with Crippen molar-refractivity contribution in [2.24, 2.45) is 0 Å². The highest BCUT2D eigenvalue weighted by molar-refractivity contribution is 6.33. The molecule has 4 aromatic rings. The average molecular weight is 517 g/mol. The van der Waals surface area contributed by atoms with E-state index in [1.807, 2.05) is 74.0 Å². The lowest BCUT2D eigenvalue weighted by Gasteiger charge is -2.21. The predicted octanol–water partition coefficient (Wildman–Crippen LogP) is 5.92. The van der Waals surface area contributed by atoms with Gasteiger partial charge in [-0.25, -0.2) is 4.98 Å². The van der Waals surface area contributed by atoms with E-state index in [0.29, 0.717) is 28.8 Å². The van der Waals surface area contributed by atoms with Crippen LogP contribution in [-0.2, 0) is 4.79 Å². The van der Waals surface area contributed by atoms with Crippen LogP contribution in [0.15, 0.2) is 72.9 Å². The van der Waals surface area contributed by atoms with Crippen LogP contribution in [0.2, 0.25) is 5.02 Å². The molecule has 0 saturated carbocycles. The number of hydrogen-bond acceptors (Lipinski definition) is 4. The Morgan fingerprint density at radius 3 is 2.41 bits per heavy atom. The zero-order chi connectivity index (χ0) is 26.5. The highest BCUT2D eigenvalue weighted by Gasteiger charge is 2.21. The average Bonchev–Trinajstić information content (AvgIpc) is 3.32. The minimum Gasteiger partial charge on any atom is -0.497 e. The maximum atomic E-state index is 13.1. The molecule has 0 bridgehead atoms. The molecular formula is C29H29ClN4O3. The first-order chi connectivity index (χ1) is 17.8. The molecule has 0 radical (unpaired) electrons. The van der Waals surface area contributed by atoms with Gasteiger partial charge in [0.15, 0.2) is 0 Å². The summed E-state index contributed by atoms with van der Waals surface area (Å²) >= 11 is 6.21. The number of carbonyl (C=O) groups is 2. The number of nitrogens with zero attached hydrogens (tertiary/aromatic N) is 3. The summed E-state index contributed by atoms with van der Waals surface area (Å²) < 4.78 is 7.11. The number of ether oxygens (including phenoxy) is 1. The van der Waals surface area contributed by atoms with Gasteiger partial charge in [0.25, 0.3) is 5.91 Å². The standard InChI is InChI=1S/C29H29ClN4O3/c1-5-33(28(36)24-8-6-7-9-25(24)30)18-27(35)32-29-31-26(21-11-14-23(37-4)15-12-21)17-34(29)22-13-10-19(2)20(3)16-22/h6-17H,5,18H2,1-4H3,(H,31,32,35). The van der Waals surface area contributed by atoms with Crippen molar-refractivity contribution in [3.8, 4) is 22.7 Å². The van der Waals surface area contributed by atoms with Gasteiger partial charge in [-0.05, 0) is 80.4 Å². The van der Waals surface area contributed by atoms with Gasteiger partial charge in [-0.2, -0.15) is 0 Å². The van der Waals surface area contributed by atoms with E-state index < -0.39 is 0 Å². The molecule has 3 aromatic carbocycles. The van der Waals surface area contributed by atoms with Crippen LogP contribution in [0.1, 0.15) is 28.4 Å². The maximum absolute atomic E-state index is 13.1. The van der Waals surface area contributed by atoms with E-state index in [2.05, 4.69) is 5.32 Å². The molecule has 1 aromatic heterocycles. The third-order valence-corrected chi connectivity index (χ3v) is 6.55. The van der Waals surface area contributed by atoms with Crippen LogP contribution in [-0.4, -0.2) is 46.5 Å². The minimum atomic E-state index is -0.362. The molecular weight excluding hydrogens is 488 g/mol. The van der Waals surface area contributed by atoms with Gasteiger partial charge in [-0.1, -0.05) is 29.8 Å². The molecule has 4 rings (SSSR count). The summed E-state index contributed by atoms with van der Waals surface area (Å²) in [4.78, 5) is 32.3. The zero-order valence-corrected chi connectivity index (χ0v) is 22.0. The van der Waals surface area contributed by atoms with E-state index in [-0.39, 0.29) is 18.4 Å². The Labute approximate surface area is 221 Å². The molecule has 0 aliphatic rings. The highest BCUT2D eigenvalue weighted by Crippen LogP contribution is 2.27. The molecule has 0 atom stereocenters. The topological polar surface area (TPSA) is 76.5 Å². The van der Waals surface area contributed by atoms with Crippen LogP contribution in [0, 0.1) is 13.8 Å². The van der Waals surface area contributed by atoms with E-state index in [4.69, 9.17) is 21.3 Å². The van der Waals surface area contributed by atoms with Crippen molar-refractivity contribution in [1.29, 1.82) is 0 Å². The summed E-state index contributed by atoms with van der Waals surface area (Å²) in [5.41, 5.74) is 5.08. The molecule has 0 saturated heterocycles. The molecule has 190 valence electrons. The van der Waals surface area contributed by atoms with Crippen molar-refractivity contribution in [1.82, 2.24) is 14.5 Å². The lowest BCUT2D eigenvalue weighted by molar-refractivity contribution is -0.116. The van der Waals surface area contributed by atoms with E-state index in [0.717, 1.165) is 22.6 Å². The Hall–Kier alpha value is -4.10. The number of benzene rings is 3. The minimum absolute atomic E-state index is 0.141. The molecule has 37 heavy (non-hydrogen) atoms. The molecule has 0 spiro atoms. The van der Waals surface area contributed by atoms with Crippen molar-refractivity contribution in [2.45, 2.75) is 20.8 Å². The van der Waals surface area contributed by atoms with E-state index in [1.54, 1.807) is 31.4 Å². The third-order valence-electron chi connectivity index (χ3n) is 6.22. The Kier molecular flexibility index (Phi) is 7.94. The number of hydrogen-bond donors (Lipinski definition) is 1. The second-order valence-electron chi connectivity index (χ2n) is 8.66. The number of carbonyl (C=O) groups excluding carboxylic acids is 2. The Bertz CT molecular complexity index is 1430. The quantitative estimate of drug-likeness (QED) is 0.315. The summed E-state index contributed by atoms with van der Waals surface area (Å²) in [5, 5.41) is 3.25. The first-order valence-corrected chi connectivity index (χ1v) is 12.3. The number of halogens is 1. The van der Waals surface area contributed by atoms with E-state index in [9.17, 15) is 9.59 Å². The largest absolute Gasteiger partial charge is 0.497 e. The van der Waals surface area contributed by atoms with Crippen LogP contribution < -0.4 is 10.1 Å². The molecule has 8 heteroatoms. The fourth-order valence-corrected chi connectivity index (χ4v) is 4.13. The van der Waals surface area contributed by atoms with E-state index >= 15 is 0 Å². The zero-order valence-electron chi connectivity index (χ0n) is 21.3. The number of nitrogens with one attached hydrogen (secondary N) is 1. The molecule has 2 amide bonds. The van der Waals surface area contributed by atoms with Gasteiger partial charge in [0, 0.05) is 24.0 Å². The summed E-state index contributed by atoms with van der Waals surface area (Å²) in [6, 6.07) is 20.4. The number of likely N-dealkylation sites (N-methyl/N-ethyl adjacent to an activating group) is 1. The molecule has 0 aliphatic carbocycles. The van der Waals surface area contributed by atoms with Crippen LogP contribution in [0.3, 0.4) is 0 Å². The van der Waals surface area contributed by atoms with Crippen molar-refractivity contribution < 1.29 is 14.3 Å². The Morgan fingerprint density at radius 1 is 1.03 bits per heavy atom. The molecule has 7 nitrogen and oxygen atoms in total. The summed E-state index contributed by atoms with van der Waals surface area (Å²) in [6.45, 7) is 6.11. The van der Waals surface area contributed by atoms with Gasteiger partial charge in [0.2, 0.25) is 11.9 Å². The van der Waals surface area contributed by atoms with Crippen molar-refractivity contribution >= 4 is 29.4 Å². The maximum Gasteiger partial charge on any atom is 0.255 e. The number of rotatable bonds is 8. The molecule has 1 heterocycles. The van der Waals surface area contributed by atoms with E-state index in [1.165, 1.54) is 10.5 Å². The number of aryl methyl sites for hydroxylation is 2. The summed E-state index contributed by atoms with van der Waals surface area (Å²) in [7, 11) is 1.62. The number of imidazole rings is 1. The first kappa shape index (κ1) is 26.0. The fraction of sp³-hybridized carbons (Fsp3) is 0.207. The number of anilines is 1. The third kappa shape index (κ3) is 5.84. The molecule has 0 unspecified atom stereocenters. The van der Waals surface area contributed by atoms with Crippen molar-refractivity contribution in [2.75, 3.05) is 25.5 Å². The van der Waals surface area contributed by atoms with Crippen LogP contribution in [0.25, 0.3) is 16.9 Å². The Balaban J connectivity index is 1.63. The lowest BCUT2D eigenvalue weighted by atomic mass is 10.1. The van der Waals surface area contributed by atoms with Gasteiger partial charge >= 0.3 is 0 Å². The predicted molar refractivity (Wildman–Crippen MR) is 147 cm³/mol. The normalized spacial score (nSPS) is 10.7. The smallest absolute Gasteiger partial charge is 0.255 e. The molecule has 0 aliphatic heterocycles. The SMILES string of the molecule is CCN(CC(=O)Nc1nc(-c2ccc(OC)cc2)cn1-c1ccc(C)c(C)c1)C(=O)c1ccccc1Cl. The van der Waals surface area contributed by atoms with Crippen LogP contribution in [0.5, 0.6) is 5.75 Å². The van der Waals surface area contributed by atoms with Gasteiger partial charge in [0.1, 0.15) is 12.3 Å². The van der Waals surface area contributed by atoms with Gasteiger partial charge in [-0.3, -0.25) is 19.5 Å². The van der Waals surface area contributed by atoms with Crippen LogP contribution in [0.4, 0.5) is 5.95 Å². The van der Waals surface area contributed by atoms with Gasteiger partial charge < -0.3 is 9.64 Å². The fourth-order valence-electron chi connectivity index (χ4n) is 3.91. The van der Waals surface area contributed by atoms with Crippen LogP contribution >= 0.6 is 11.6 Å². The van der Waals surface area contributed by atoms with Crippen molar-refractivity contribution in [3.05, 3.63) is 94.6 Å². The number of methoxy groups -OCH3 is 1. The van der Waals surface area contributed by atoms with Crippen molar-refractivity contribution in [3.63, 3.8) is 0 Å². The number of amides is 2. The van der Waals surface area contributed by atoms with Gasteiger partial charge in [0.05, 0.1) is 23.4 Å². The number of aromatic nitrogens is 2. The Morgan fingerprint density at radius 2 is 1.76 bits per heavy atom. The summed E-state index contributed by atoms with van der Waals surface area (Å²) in [5.74, 6) is 0.438. The highest BCUT2D eigenvalue weighted by atomic mass is 35.5. The van der Waals surface area contributed by atoms with Gasteiger partial charge in [-0.15, -0.1) is 0 Å². The second kappa shape index (κ2) is 11.3. The summed E-state index contributed by atoms with van der Waals surface area (Å²) in [6.07, 6.45) is 1.88. The monoisotopic (exact) mass is 516 g/mol. The molecule has 0 fully saturated rings. The first-order valence-electron chi connectivity index (χ1n) is 12.0. The lowest BCUT2D eigenvalue weighted by Crippen LogP contribution is -2.38. The second-order valence-corrected chi connectivity index (χ2v) is 9.07. The molecule has 1 N–H and O–H groups in total.